The van der Waals surface area contributed by atoms with Gasteiger partial charge in [0, 0.05) is 44.5 Å². The van der Waals surface area contributed by atoms with Crippen LogP contribution >= 0.6 is 0 Å². The minimum atomic E-state index is -4.71. The van der Waals surface area contributed by atoms with Crippen LogP contribution in [0.1, 0.15) is 39.8 Å². The molecular formula is C23H25F3N6O2. The van der Waals surface area contributed by atoms with E-state index in [4.69, 9.17) is 5.73 Å². The van der Waals surface area contributed by atoms with Crippen molar-refractivity contribution in [2.45, 2.75) is 33.0 Å². The molecule has 1 fully saturated rings. The number of hydrogen-bond donors (Lipinski definition) is 2. The third-order valence-electron chi connectivity index (χ3n) is 6.02. The molecule has 3 aromatic rings. The molecule has 4 rings (SSSR count). The number of nitrogens with two attached hydrogens (primary N) is 1. The summed E-state index contributed by atoms with van der Waals surface area (Å²) in [6.07, 6.45) is -2.34. The number of hydrogen-bond acceptors (Lipinski definition) is 6. The SMILES string of the molecule is CCc1cc2ncc(CN3CCN(c4cc(C)c(C(N)=O)nc4C(F)(F)F)CC3)cc2[nH]c1=O. The van der Waals surface area contributed by atoms with Crippen molar-refractivity contribution in [2.75, 3.05) is 31.1 Å². The van der Waals surface area contributed by atoms with Gasteiger partial charge in [0.15, 0.2) is 5.69 Å². The first kappa shape index (κ1) is 23.7. The Kier molecular flexibility index (Phi) is 6.30. The number of carbonyl (C=O) groups is 1. The van der Waals surface area contributed by atoms with E-state index < -0.39 is 17.8 Å². The van der Waals surface area contributed by atoms with E-state index in [1.807, 2.05) is 13.0 Å². The van der Waals surface area contributed by atoms with Crippen molar-refractivity contribution in [3.8, 4) is 0 Å². The van der Waals surface area contributed by atoms with E-state index in [0.29, 0.717) is 61.3 Å². The van der Waals surface area contributed by atoms with Gasteiger partial charge in [0.05, 0.1) is 16.7 Å². The van der Waals surface area contributed by atoms with E-state index >= 15 is 0 Å². The molecule has 11 heteroatoms. The predicted octanol–water partition coefficient (Wildman–Crippen LogP) is 2.63. The number of rotatable bonds is 5. The Bertz CT molecular complexity index is 1300. The largest absolute Gasteiger partial charge is 0.435 e. The fourth-order valence-electron chi connectivity index (χ4n) is 4.22. The fourth-order valence-corrected chi connectivity index (χ4v) is 4.22. The monoisotopic (exact) mass is 474 g/mol. The molecule has 1 aliphatic heterocycles. The van der Waals surface area contributed by atoms with Crippen molar-refractivity contribution < 1.29 is 18.0 Å². The molecule has 4 heterocycles. The molecule has 3 aromatic heterocycles. The quantitative estimate of drug-likeness (QED) is 0.589. The minimum absolute atomic E-state index is 0.0497. The number of nitrogens with one attached hydrogen (secondary N) is 1. The third-order valence-corrected chi connectivity index (χ3v) is 6.02. The predicted molar refractivity (Wildman–Crippen MR) is 122 cm³/mol. The Hall–Kier alpha value is -3.47. The maximum atomic E-state index is 13.7. The van der Waals surface area contributed by atoms with Gasteiger partial charge in [-0.3, -0.25) is 19.5 Å². The van der Waals surface area contributed by atoms with E-state index in [1.54, 1.807) is 17.2 Å². The number of aromatic amines is 1. The summed E-state index contributed by atoms with van der Waals surface area (Å²) in [5.74, 6) is -0.990. The highest BCUT2D eigenvalue weighted by molar-refractivity contribution is 5.92. The molecule has 0 radical (unpaired) electrons. The van der Waals surface area contributed by atoms with E-state index in [0.717, 1.165) is 5.56 Å². The average molecular weight is 474 g/mol. The van der Waals surface area contributed by atoms with Crippen LogP contribution in [0.25, 0.3) is 11.0 Å². The first-order chi connectivity index (χ1) is 16.1. The Morgan fingerprint density at radius 3 is 2.50 bits per heavy atom. The topological polar surface area (TPSA) is 108 Å². The number of piperazine rings is 1. The molecule has 1 saturated heterocycles. The Morgan fingerprint density at radius 2 is 1.88 bits per heavy atom. The molecule has 0 atom stereocenters. The van der Waals surface area contributed by atoms with Gasteiger partial charge in [-0.25, -0.2) is 4.98 Å². The summed E-state index contributed by atoms with van der Waals surface area (Å²) in [6, 6.07) is 5.00. The van der Waals surface area contributed by atoms with Crippen LogP contribution in [0.4, 0.5) is 18.9 Å². The van der Waals surface area contributed by atoms with Gasteiger partial charge in [-0.1, -0.05) is 6.92 Å². The van der Waals surface area contributed by atoms with E-state index in [1.165, 1.54) is 13.0 Å². The first-order valence-electron chi connectivity index (χ1n) is 10.9. The van der Waals surface area contributed by atoms with Gasteiger partial charge >= 0.3 is 6.18 Å². The molecular weight excluding hydrogens is 449 g/mol. The first-order valence-corrected chi connectivity index (χ1v) is 10.9. The van der Waals surface area contributed by atoms with Crippen LogP contribution in [0.3, 0.4) is 0 Å². The maximum Gasteiger partial charge on any atom is 0.435 e. The number of aryl methyl sites for hydroxylation is 2. The molecule has 0 aliphatic carbocycles. The Labute approximate surface area is 193 Å². The third kappa shape index (κ3) is 4.74. The summed E-state index contributed by atoms with van der Waals surface area (Å²) in [4.78, 5) is 38.2. The lowest BCUT2D eigenvalue weighted by Gasteiger charge is -2.37. The van der Waals surface area contributed by atoms with Crippen LogP contribution in [0, 0.1) is 6.92 Å². The van der Waals surface area contributed by atoms with Crippen LogP contribution in [0.15, 0.2) is 29.2 Å². The lowest BCUT2D eigenvalue weighted by molar-refractivity contribution is -0.140. The number of halogens is 3. The number of aromatic nitrogens is 3. The number of anilines is 1. The number of amides is 1. The summed E-state index contributed by atoms with van der Waals surface area (Å²) in [6.45, 7) is 5.75. The zero-order valence-electron chi connectivity index (χ0n) is 18.9. The molecule has 180 valence electrons. The van der Waals surface area contributed by atoms with Crippen molar-refractivity contribution in [1.29, 1.82) is 0 Å². The summed E-state index contributed by atoms with van der Waals surface area (Å²) < 4.78 is 41.0. The van der Waals surface area contributed by atoms with E-state index in [2.05, 4.69) is 19.9 Å². The summed E-state index contributed by atoms with van der Waals surface area (Å²) >= 11 is 0. The average Bonchev–Trinajstić information content (AvgIpc) is 2.78. The van der Waals surface area contributed by atoms with Gasteiger partial charge in [0.2, 0.25) is 0 Å². The molecule has 1 amide bonds. The van der Waals surface area contributed by atoms with Crippen molar-refractivity contribution in [1.82, 2.24) is 19.9 Å². The highest BCUT2D eigenvalue weighted by Gasteiger charge is 2.38. The fraction of sp³-hybridized carbons (Fsp3) is 0.391. The molecule has 3 N–H and O–H groups in total. The van der Waals surface area contributed by atoms with Crippen LogP contribution in [-0.2, 0) is 19.1 Å². The molecule has 0 aromatic carbocycles. The summed E-state index contributed by atoms with van der Waals surface area (Å²) in [7, 11) is 0. The zero-order valence-corrected chi connectivity index (χ0v) is 18.9. The van der Waals surface area contributed by atoms with E-state index in [-0.39, 0.29) is 16.9 Å². The van der Waals surface area contributed by atoms with Gasteiger partial charge in [-0.05, 0) is 42.7 Å². The van der Waals surface area contributed by atoms with Gasteiger partial charge in [0.25, 0.3) is 11.5 Å². The van der Waals surface area contributed by atoms with Gasteiger partial charge in [-0.15, -0.1) is 0 Å². The molecule has 0 unspecified atom stereocenters. The van der Waals surface area contributed by atoms with Crippen LogP contribution in [0.2, 0.25) is 0 Å². The zero-order chi connectivity index (χ0) is 24.6. The van der Waals surface area contributed by atoms with Gasteiger partial charge < -0.3 is 15.6 Å². The lowest BCUT2D eigenvalue weighted by Crippen LogP contribution is -2.46. The smallest absolute Gasteiger partial charge is 0.367 e. The van der Waals surface area contributed by atoms with Crippen molar-refractivity contribution in [2.24, 2.45) is 5.73 Å². The summed E-state index contributed by atoms with van der Waals surface area (Å²) in [5, 5.41) is 0. The van der Waals surface area contributed by atoms with Crippen LogP contribution in [0.5, 0.6) is 0 Å². The molecule has 0 spiro atoms. The number of carbonyl (C=O) groups excluding carboxylic acids is 1. The second kappa shape index (κ2) is 9.05. The van der Waals surface area contributed by atoms with Crippen molar-refractivity contribution in [3.63, 3.8) is 0 Å². The van der Waals surface area contributed by atoms with Crippen molar-refractivity contribution >= 4 is 22.6 Å². The molecule has 0 bridgehead atoms. The Morgan fingerprint density at radius 1 is 1.18 bits per heavy atom. The van der Waals surface area contributed by atoms with Crippen LogP contribution in [-0.4, -0.2) is 51.9 Å². The van der Waals surface area contributed by atoms with E-state index in [9.17, 15) is 22.8 Å². The highest BCUT2D eigenvalue weighted by atomic mass is 19.4. The van der Waals surface area contributed by atoms with Crippen molar-refractivity contribution in [3.05, 3.63) is 62.8 Å². The molecule has 1 aliphatic rings. The number of primary amides is 1. The molecule has 8 nitrogen and oxygen atoms in total. The number of alkyl halides is 3. The number of nitrogens with zero attached hydrogens (tertiary/aromatic N) is 4. The second-order valence-electron chi connectivity index (χ2n) is 8.40. The number of fused-ring (bicyclic) bond motifs is 1. The number of pyridine rings is 3. The molecule has 34 heavy (non-hydrogen) atoms. The van der Waals surface area contributed by atoms with Crippen LogP contribution < -0.4 is 16.2 Å². The highest BCUT2D eigenvalue weighted by Crippen LogP contribution is 2.36. The maximum absolute atomic E-state index is 13.7. The summed E-state index contributed by atoms with van der Waals surface area (Å²) in [5.41, 5.74) is 6.79. The standard InChI is InChI=1S/C23H25F3N6O2/c1-3-15-10-16-17(29-22(15)34)9-14(11-28-16)12-31-4-6-32(7-5-31)18-8-13(2)19(21(27)33)30-20(18)23(24,25)26/h8-11H,3-7,12H2,1-2H3,(H2,27,33)(H,29,34). The Balaban J connectivity index is 1.50. The number of H-pyrrole nitrogens is 1. The lowest BCUT2D eigenvalue weighted by atomic mass is 10.1. The second-order valence-corrected chi connectivity index (χ2v) is 8.40. The van der Waals surface area contributed by atoms with Gasteiger partial charge in [0.1, 0.15) is 5.69 Å². The minimum Gasteiger partial charge on any atom is -0.367 e. The normalized spacial score (nSPS) is 15.1. The van der Waals surface area contributed by atoms with Gasteiger partial charge in [-0.2, -0.15) is 13.2 Å². The molecule has 0 saturated carbocycles.